The van der Waals surface area contributed by atoms with Crippen molar-refractivity contribution in [3.63, 3.8) is 0 Å². The fourth-order valence-corrected chi connectivity index (χ4v) is 2.50. The third-order valence-electron chi connectivity index (χ3n) is 3.18. The first-order valence-electron chi connectivity index (χ1n) is 6.08. The van der Waals surface area contributed by atoms with E-state index in [1.165, 1.54) is 4.88 Å². The van der Waals surface area contributed by atoms with Crippen molar-refractivity contribution in [2.24, 2.45) is 0 Å². The summed E-state index contributed by atoms with van der Waals surface area (Å²) in [4.78, 5) is 1.40. The quantitative estimate of drug-likeness (QED) is 0.769. The van der Waals surface area contributed by atoms with Crippen molar-refractivity contribution in [2.75, 3.05) is 6.54 Å². The highest BCUT2D eigenvalue weighted by atomic mass is 32.1. The Kier molecular flexibility index (Phi) is 5.46. The van der Waals surface area contributed by atoms with Crippen LogP contribution >= 0.6 is 11.3 Å². The lowest BCUT2D eigenvalue weighted by Gasteiger charge is -2.27. The van der Waals surface area contributed by atoms with Crippen LogP contribution in [0, 0.1) is 0 Å². The zero-order valence-electron chi connectivity index (χ0n) is 10.5. The summed E-state index contributed by atoms with van der Waals surface area (Å²) in [6.07, 6.45) is 2.66. The molecule has 92 valence electrons. The van der Waals surface area contributed by atoms with Gasteiger partial charge in [0, 0.05) is 17.5 Å². The molecular formula is C13H23NOS. The second-order valence-electron chi connectivity index (χ2n) is 4.50. The number of hydrogen-bond donors (Lipinski definition) is 2. The highest BCUT2D eigenvalue weighted by Gasteiger charge is 2.22. The van der Waals surface area contributed by atoms with Crippen LogP contribution in [0.4, 0.5) is 0 Å². The largest absolute Gasteiger partial charge is 0.389 e. The van der Waals surface area contributed by atoms with E-state index < -0.39 is 5.60 Å². The van der Waals surface area contributed by atoms with Crippen LogP contribution in [0.2, 0.25) is 0 Å². The molecule has 1 rings (SSSR count). The topological polar surface area (TPSA) is 32.3 Å². The molecule has 0 bridgehead atoms. The van der Waals surface area contributed by atoms with Crippen LogP contribution in [0.1, 0.15) is 38.5 Å². The number of thiophene rings is 1. The summed E-state index contributed by atoms with van der Waals surface area (Å²) in [5, 5.41) is 15.7. The van der Waals surface area contributed by atoms with Crippen molar-refractivity contribution in [1.29, 1.82) is 0 Å². The number of aliphatic hydroxyl groups is 1. The van der Waals surface area contributed by atoms with Gasteiger partial charge in [0.2, 0.25) is 0 Å². The van der Waals surface area contributed by atoms with Gasteiger partial charge in [0.05, 0.1) is 5.60 Å². The summed E-state index contributed by atoms with van der Waals surface area (Å²) in [5.74, 6) is 0. The molecule has 1 aromatic heterocycles. The van der Waals surface area contributed by atoms with Gasteiger partial charge in [-0.3, -0.25) is 0 Å². The Balaban J connectivity index is 2.32. The molecule has 0 aliphatic heterocycles. The van der Waals surface area contributed by atoms with Crippen molar-refractivity contribution in [3.05, 3.63) is 22.4 Å². The number of rotatable bonds is 7. The monoisotopic (exact) mass is 241 g/mol. The van der Waals surface area contributed by atoms with E-state index in [1.54, 1.807) is 11.3 Å². The van der Waals surface area contributed by atoms with E-state index in [2.05, 4.69) is 29.8 Å². The molecule has 0 aliphatic rings. The van der Waals surface area contributed by atoms with Crippen molar-refractivity contribution < 1.29 is 5.11 Å². The summed E-state index contributed by atoms with van der Waals surface area (Å²) in [6.45, 7) is 6.93. The molecule has 1 unspecified atom stereocenters. The van der Waals surface area contributed by atoms with Gasteiger partial charge in [0.25, 0.3) is 0 Å². The molecule has 1 heterocycles. The van der Waals surface area contributed by atoms with Crippen molar-refractivity contribution in [3.8, 4) is 0 Å². The maximum absolute atomic E-state index is 10.1. The maximum atomic E-state index is 10.1. The summed E-state index contributed by atoms with van der Waals surface area (Å²) in [7, 11) is 0. The Morgan fingerprint density at radius 2 is 2.12 bits per heavy atom. The van der Waals surface area contributed by atoms with Crippen LogP contribution in [0.25, 0.3) is 0 Å². The minimum atomic E-state index is -0.538. The van der Waals surface area contributed by atoms with Crippen LogP contribution in [0.15, 0.2) is 17.5 Å². The van der Waals surface area contributed by atoms with Gasteiger partial charge < -0.3 is 10.4 Å². The van der Waals surface area contributed by atoms with E-state index in [0.29, 0.717) is 12.6 Å². The Morgan fingerprint density at radius 1 is 1.44 bits per heavy atom. The average Bonchev–Trinajstić information content (AvgIpc) is 2.79. The normalized spacial score (nSPS) is 14.0. The zero-order chi connectivity index (χ0) is 12.0. The molecular weight excluding hydrogens is 218 g/mol. The highest BCUT2D eigenvalue weighted by molar-refractivity contribution is 7.09. The molecule has 0 aromatic carbocycles. The minimum Gasteiger partial charge on any atom is -0.389 e. The van der Waals surface area contributed by atoms with Crippen LogP contribution < -0.4 is 5.32 Å². The molecule has 0 aliphatic carbocycles. The maximum Gasteiger partial charge on any atom is 0.0766 e. The Morgan fingerprint density at radius 3 is 2.62 bits per heavy atom. The molecule has 0 amide bonds. The predicted molar refractivity (Wildman–Crippen MR) is 71.0 cm³/mol. The summed E-state index contributed by atoms with van der Waals surface area (Å²) in [6, 6.07) is 4.67. The Labute approximate surface area is 103 Å². The molecule has 1 atom stereocenters. The smallest absolute Gasteiger partial charge is 0.0766 e. The first kappa shape index (κ1) is 13.7. The molecule has 16 heavy (non-hydrogen) atoms. The SMILES string of the molecule is CCC(O)(CC)CNC(C)Cc1cccs1. The fraction of sp³-hybridized carbons (Fsp3) is 0.692. The summed E-state index contributed by atoms with van der Waals surface area (Å²) < 4.78 is 0. The molecule has 3 heteroatoms. The molecule has 2 N–H and O–H groups in total. The third kappa shape index (κ3) is 4.24. The van der Waals surface area contributed by atoms with Gasteiger partial charge in [-0.15, -0.1) is 11.3 Å². The fourth-order valence-electron chi connectivity index (χ4n) is 1.67. The van der Waals surface area contributed by atoms with Crippen LogP contribution in [0.5, 0.6) is 0 Å². The van der Waals surface area contributed by atoms with Gasteiger partial charge in [-0.05, 0) is 37.6 Å². The van der Waals surface area contributed by atoms with E-state index in [9.17, 15) is 5.11 Å². The van der Waals surface area contributed by atoms with Crippen molar-refractivity contribution in [1.82, 2.24) is 5.32 Å². The number of nitrogens with one attached hydrogen (secondary N) is 1. The van der Waals surface area contributed by atoms with E-state index in [-0.39, 0.29) is 0 Å². The van der Waals surface area contributed by atoms with Gasteiger partial charge in [-0.25, -0.2) is 0 Å². The van der Waals surface area contributed by atoms with Crippen molar-refractivity contribution >= 4 is 11.3 Å². The van der Waals surface area contributed by atoms with Gasteiger partial charge >= 0.3 is 0 Å². The predicted octanol–water partition coefficient (Wildman–Crippen LogP) is 2.82. The van der Waals surface area contributed by atoms with Gasteiger partial charge in [-0.1, -0.05) is 19.9 Å². The molecule has 0 fully saturated rings. The average molecular weight is 241 g/mol. The molecule has 0 radical (unpaired) electrons. The molecule has 0 saturated heterocycles. The lowest BCUT2D eigenvalue weighted by molar-refractivity contribution is 0.0304. The summed E-state index contributed by atoms with van der Waals surface area (Å²) in [5.41, 5.74) is -0.538. The molecule has 0 spiro atoms. The zero-order valence-corrected chi connectivity index (χ0v) is 11.3. The minimum absolute atomic E-state index is 0.420. The lowest BCUT2D eigenvalue weighted by Crippen LogP contribution is -2.43. The van der Waals surface area contributed by atoms with Crippen LogP contribution in [0.3, 0.4) is 0 Å². The molecule has 1 aromatic rings. The van der Waals surface area contributed by atoms with E-state index in [4.69, 9.17) is 0 Å². The Hall–Kier alpha value is -0.380. The second-order valence-corrected chi connectivity index (χ2v) is 5.53. The van der Waals surface area contributed by atoms with E-state index in [1.807, 2.05) is 13.8 Å². The van der Waals surface area contributed by atoms with Crippen molar-refractivity contribution in [2.45, 2.75) is 51.7 Å². The summed E-state index contributed by atoms with van der Waals surface area (Å²) >= 11 is 1.79. The van der Waals surface area contributed by atoms with Gasteiger partial charge in [-0.2, -0.15) is 0 Å². The number of hydrogen-bond acceptors (Lipinski definition) is 3. The highest BCUT2D eigenvalue weighted by Crippen LogP contribution is 2.15. The second kappa shape index (κ2) is 6.38. The first-order chi connectivity index (χ1) is 7.59. The van der Waals surface area contributed by atoms with E-state index in [0.717, 1.165) is 19.3 Å². The standard InChI is InChI=1S/C13H23NOS/c1-4-13(15,5-2)10-14-11(3)9-12-7-6-8-16-12/h6-8,11,14-15H,4-5,9-10H2,1-3H3. The molecule has 2 nitrogen and oxygen atoms in total. The van der Waals surface area contributed by atoms with E-state index >= 15 is 0 Å². The first-order valence-corrected chi connectivity index (χ1v) is 6.95. The molecule has 0 saturated carbocycles. The van der Waals surface area contributed by atoms with Crippen LogP contribution in [-0.4, -0.2) is 23.3 Å². The Bertz CT molecular complexity index is 280. The van der Waals surface area contributed by atoms with Gasteiger partial charge in [0.15, 0.2) is 0 Å². The van der Waals surface area contributed by atoms with Crippen LogP contribution in [-0.2, 0) is 6.42 Å². The lowest BCUT2D eigenvalue weighted by atomic mass is 9.97. The third-order valence-corrected chi connectivity index (χ3v) is 4.08. The van der Waals surface area contributed by atoms with Gasteiger partial charge in [0.1, 0.15) is 0 Å².